The Morgan fingerprint density at radius 2 is 1.86 bits per heavy atom. The van der Waals surface area contributed by atoms with Crippen LogP contribution in [-0.2, 0) is 9.53 Å². The third kappa shape index (κ3) is 5.57. The van der Waals surface area contributed by atoms with E-state index in [2.05, 4.69) is 4.90 Å². The Balaban J connectivity index is 1.69. The number of nitrogens with zero attached hydrogens (tertiary/aromatic N) is 2. The first-order chi connectivity index (χ1) is 10.3. The zero-order chi connectivity index (χ0) is 14.9. The topological polar surface area (TPSA) is 53.0 Å². The molecule has 0 aromatic rings. The standard InChI is InChI=1S/C16H30N2O3/c19-12-9-17(15-5-2-1-3-6-15)8-4-7-16(20)18-10-13-21-14-11-18/h15,19H,1-14H2. The Morgan fingerprint density at radius 3 is 2.52 bits per heavy atom. The maximum atomic E-state index is 12.1. The molecule has 1 saturated carbocycles. The number of amides is 1. The summed E-state index contributed by atoms with van der Waals surface area (Å²) in [5.74, 6) is 0.255. The minimum Gasteiger partial charge on any atom is -0.395 e. The summed E-state index contributed by atoms with van der Waals surface area (Å²) in [6.07, 6.45) is 7.97. The van der Waals surface area contributed by atoms with E-state index in [0.717, 1.165) is 32.6 Å². The molecule has 0 spiro atoms. The molecule has 122 valence electrons. The first-order valence-electron chi connectivity index (χ1n) is 8.51. The van der Waals surface area contributed by atoms with Gasteiger partial charge in [0.2, 0.25) is 5.91 Å². The SMILES string of the molecule is O=C(CCCN(CCO)C1CCCCC1)N1CCOCC1. The lowest BCUT2D eigenvalue weighted by Gasteiger charge is -2.34. The van der Waals surface area contributed by atoms with E-state index in [9.17, 15) is 9.90 Å². The van der Waals surface area contributed by atoms with Gasteiger partial charge >= 0.3 is 0 Å². The minimum atomic E-state index is 0.216. The largest absolute Gasteiger partial charge is 0.395 e. The lowest BCUT2D eigenvalue weighted by Crippen LogP contribution is -2.42. The van der Waals surface area contributed by atoms with Gasteiger partial charge in [-0.2, -0.15) is 0 Å². The fourth-order valence-corrected chi connectivity index (χ4v) is 3.46. The molecule has 1 aliphatic carbocycles. The summed E-state index contributed by atoms with van der Waals surface area (Å²) >= 11 is 0. The number of rotatable bonds is 7. The summed E-state index contributed by atoms with van der Waals surface area (Å²) in [6, 6.07) is 0.615. The van der Waals surface area contributed by atoms with Crippen LogP contribution in [0.25, 0.3) is 0 Å². The van der Waals surface area contributed by atoms with E-state index in [1.807, 2.05) is 4.90 Å². The van der Waals surface area contributed by atoms with E-state index in [-0.39, 0.29) is 12.5 Å². The summed E-state index contributed by atoms with van der Waals surface area (Å²) in [5, 5.41) is 9.25. The second kappa shape index (κ2) is 9.38. The summed E-state index contributed by atoms with van der Waals surface area (Å²) in [7, 11) is 0. The van der Waals surface area contributed by atoms with Crippen molar-refractivity contribution in [3.63, 3.8) is 0 Å². The van der Waals surface area contributed by atoms with E-state index in [4.69, 9.17) is 4.74 Å². The van der Waals surface area contributed by atoms with Crippen LogP contribution in [0.15, 0.2) is 0 Å². The molecule has 1 saturated heterocycles. The van der Waals surface area contributed by atoms with Gasteiger partial charge in [0.15, 0.2) is 0 Å². The molecule has 2 aliphatic rings. The summed E-state index contributed by atoms with van der Waals surface area (Å²) in [5.41, 5.74) is 0. The van der Waals surface area contributed by atoms with Crippen LogP contribution in [0, 0.1) is 0 Å². The highest BCUT2D eigenvalue weighted by molar-refractivity contribution is 5.76. The quantitative estimate of drug-likeness (QED) is 0.768. The van der Waals surface area contributed by atoms with Crippen molar-refractivity contribution in [3.8, 4) is 0 Å². The van der Waals surface area contributed by atoms with E-state index in [0.29, 0.717) is 25.7 Å². The van der Waals surface area contributed by atoms with Crippen molar-refractivity contribution < 1.29 is 14.6 Å². The van der Waals surface area contributed by atoms with Crippen LogP contribution in [0.3, 0.4) is 0 Å². The molecule has 2 rings (SSSR count). The summed E-state index contributed by atoms with van der Waals surface area (Å²) in [4.78, 5) is 16.4. The lowest BCUT2D eigenvalue weighted by atomic mass is 9.94. The van der Waals surface area contributed by atoms with Crippen molar-refractivity contribution in [2.75, 3.05) is 46.0 Å². The number of ether oxygens (including phenoxy) is 1. The van der Waals surface area contributed by atoms with Crippen LogP contribution in [-0.4, -0.2) is 72.9 Å². The molecule has 0 unspecified atom stereocenters. The maximum absolute atomic E-state index is 12.1. The van der Waals surface area contributed by atoms with Crippen molar-refractivity contribution in [1.29, 1.82) is 0 Å². The van der Waals surface area contributed by atoms with E-state index < -0.39 is 0 Å². The Kier molecular flexibility index (Phi) is 7.47. The molecule has 1 aliphatic heterocycles. The first kappa shape index (κ1) is 16.7. The van der Waals surface area contributed by atoms with Crippen molar-refractivity contribution in [2.24, 2.45) is 0 Å². The molecule has 5 heteroatoms. The van der Waals surface area contributed by atoms with Crippen LogP contribution in [0.4, 0.5) is 0 Å². The molecule has 1 N–H and O–H groups in total. The van der Waals surface area contributed by atoms with Crippen molar-refractivity contribution in [1.82, 2.24) is 9.80 Å². The molecule has 0 atom stereocenters. The van der Waals surface area contributed by atoms with E-state index in [1.54, 1.807) is 0 Å². The number of carbonyl (C=O) groups excluding carboxylic acids is 1. The first-order valence-corrected chi connectivity index (χ1v) is 8.51. The predicted octanol–water partition coefficient (Wildman–Crippen LogP) is 1.25. The predicted molar refractivity (Wildman–Crippen MR) is 82.2 cm³/mol. The Bertz CT molecular complexity index is 300. The number of hydrogen-bond acceptors (Lipinski definition) is 4. The molecule has 21 heavy (non-hydrogen) atoms. The highest BCUT2D eigenvalue weighted by Gasteiger charge is 2.21. The number of morpholine rings is 1. The lowest BCUT2D eigenvalue weighted by molar-refractivity contribution is -0.135. The molecule has 2 fully saturated rings. The number of aliphatic hydroxyl groups is 1. The average Bonchev–Trinajstić information content (AvgIpc) is 2.55. The van der Waals surface area contributed by atoms with Crippen LogP contribution < -0.4 is 0 Å². The zero-order valence-corrected chi connectivity index (χ0v) is 13.1. The van der Waals surface area contributed by atoms with Crippen molar-refractivity contribution in [3.05, 3.63) is 0 Å². The molecule has 0 bridgehead atoms. The molecule has 1 amide bonds. The monoisotopic (exact) mass is 298 g/mol. The summed E-state index contributed by atoms with van der Waals surface area (Å²) in [6.45, 7) is 4.71. The molecule has 0 aromatic carbocycles. The van der Waals surface area contributed by atoms with Crippen LogP contribution in [0.1, 0.15) is 44.9 Å². The molecular weight excluding hydrogens is 268 g/mol. The smallest absolute Gasteiger partial charge is 0.222 e. The molecule has 0 radical (unpaired) electrons. The van der Waals surface area contributed by atoms with Crippen LogP contribution in [0.2, 0.25) is 0 Å². The third-order valence-electron chi connectivity index (χ3n) is 4.68. The fourth-order valence-electron chi connectivity index (χ4n) is 3.46. The fraction of sp³-hybridized carbons (Fsp3) is 0.938. The maximum Gasteiger partial charge on any atom is 0.222 e. The van der Waals surface area contributed by atoms with Crippen molar-refractivity contribution >= 4 is 5.91 Å². The van der Waals surface area contributed by atoms with Crippen molar-refractivity contribution in [2.45, 2.75) is 51.0 Å². The van der Waals surface area contributed by atoms with Gasteiger partial charge in [-0.1, -0.05) is 19.3 Å². The number of carbonyl (C=O) groups is 1. The van der Waals surface area contributed by atoms with Gasteiger partial charge in [-0.15, -0.1) is 0 Å². The Labute approximate surface area is 128 Å². The van der Waals surface area contributed by atoms with Gasteiger partial charge in [0.05, 0.1) is 19.8 Å². The third-order valence-corrected chi connectivity index (χ3v) is 4.68. The second-order valence-corrected chi connectivity index (χ2v) is 6.15. The van der Waals surface area contributed by atoms with Gasteiger partial charge in [-0.05, 0) is 25.8 Å². The molecule has 5 nitrogen and oxygen atoms in total. The number of aliphatic hydroxyl groups excluding tert-OH is 1. The Hall–Kier alpha value is -0.650. The van der Waals surface area contributed by atoms with Gasteiger partial charge in [0, 0.05) is 32.1 Å². The van der Waals surface area contributed by atoms with Crippen LogP contribution >= 0.6 is 0 Å². The van der Waals surface area contributed by atoms with E-state index >= 15 is 0 Å². The van der Waals surface area contributed by atoms with Gasteiger partial charge in [0.1, 0.15) is 0 Å². The number of hydrogen-bond donors (Lipinski definition) is 1. The molecule has 1 heterocycles. The molecular formula is C16H30N2O3. The Morgan fingerprint density at radius 1 is 1.14 bits per heavy atom. The second-order valence-electron chi connectivity index (χ2n) is 6.15. The van der Waals surface area contributed by atoms with Gasteiger partial charge < -0.3 is 14.7 Å². The normalized spacial score (nSPS) is 21.0. The van der Waals surface area contributed by atoms with E-state index in [1.165, 1.54) is 32.1 Å². The average molecular weight is 298 g/mol. The zero-order valence-electron chi connectivity index (χ0n) is 13.1. The van der Waals surface area contributed by atoms with Crippen LogP contribution in [0.5, 0.6) is 0 Å². The summed E-state index contributed by atoms with van der Waals surface area (Å²) < 4.78 is 5.27. The van der Waals surface area contributed by atoms with Gasteiger partial charge in [-0.25, -0.2) is 0 Å². The molecule has 0 aromatic heterocycles. The highest BCUT2D eigenvalue weighted by Crippen LogP contribution is 2.22. The van der Waals surface area contributed by atoms with Gasteiger partial charge in [0.25, 0.3) is 0 Å². The van der Waals surface area contributed by atoms with Gasteiger partial charge in [-0.3, -0.25) is 9.69 Å². The minimum absolute atomic E-state index is 0.216. The highest BCUT2D eigenvalue weighted by atomic mass is 16.5.